The summed E-state index contributed by atoms with van der Waals surface area (Å²) >= 11 is 0. The van der Waals surface area contributed by atoms with Crippen molar-refractivity contribution in [2.24, 2.45) is 11.8 Å². The zero-order valence-corrected chi connectivity index (χ0v) is 6.13. The van der Waals surface area contributed by atoms with Gasteiger partial charge < -0.3 is 4.74 Å². The standard InChI is InChI=1S/C8H10O2/c1-4-7-5(2)6(3)8(9)10-7/h1,5-7H,2-3H3. The predicted octanol–water partition coefficient (Wildman–Crippen LogP) is 0.817. The maximum atomic E-state index is 10.8. The molecule has 1 aliphatic heterocycles. The lowest BCUT2D eigenvalue weighted by molar-refractivity contribution is -0.142. The monoisotopic (exact) mass is 138 g/mol. The van der Waals surface area contributed by atoms with Gasteiger partial charge in [-0.3, -0.25) is 4.79 Å². The lowest BCUT2D eigenvalue weighted by Crippen LogP contribution is -2.13. The molecule has 0 bridgehead atoms. The molecule has 1 rings (SSSR count). The molecule has 2 nitrogen and oxygen atoms in total. The molecule has 1 aliphatic rings. The second-order valence-corrected chi connectivity index (χ2v) is 2.67. The molecule has 0 N–H and O–H groups in total. The molecule has 54 valence electrons. The molecule has 1 saturated heterocycles. The van der Waals surface area contributed by atoms with Gasteiger partial charge in [-0.05, 0) is 0 Å². The number of carbonyl (C=O) groups excluding carboxylic acids is 1. The van der Waals surface area contributed by atoms with Crippen LogP contribution in [-0.2, 0) is 9.53 Å². The van der Waals surface area contributed by atoms with Gasteiger partial charge in [-0.2, -0.15) is 0 Å². The van der Waals surface area contributed by atoms with Gasteiger partial charge in [0.2, 0.25) is 0 Å². The molecule has 1 fully saturated rings. The predicted molar refractivity (Wildman–Crippen MR) is 37.0 cm³/mol. The van der Waals surface area contributed by atoms with Crippen LogP contribution in [-0.4, -0.2) is 12.1 Å². The van der Waals surface area contributed by atoms with Gasteiger partial charge in [0.15, 0.2) is 6.10 Å². The third-order valence-corrected chi connectivity index (χ3v) is 2.05. The third-order valence-electron chi connectivity index (χ3n) is 2.05. The van der Waals surface area contributed by atoms with Gasteiger partial charge in [-0.1, -0.05) is 19.8 Å². The number of hydrogen-bond donors (Lipinski definition) is 0. The van der Waals surface area contributed by atoms with E-state index in [1.165, 1.54) is 0 Å². The molecule has 3 unspecified atom stereocenters. The summed E-state index contributed by atoms with van der Waals surface area (Å²) in [5, 5.41) is 0. The quantitative estimate of drug-likeness (QED) is 0.366. The van der Waals surface area contributed by atoms with Crippen LogP contribution in [0.5, 0.6) is 0 Å². The first-order valence-electron chi connectivity index (χ1n) is 3.33. The summed E-state index contributed by atoms with van der Waals surface area (Å²) in [6.07, 6.45) is 4.82. The van der Waals surface area contributed by atoms with Gasteiger partial charge in [-0.15, -0.1) is 6.42 Å². The van der Waals surface area contributed by atoms with Crippen LogP contribution in [0.25, 0.3) is 0 Å². The second kappa shape index (κ2) is 2.34. The highest BCUT2D eigenvalue weighted by Gasteiger charge is 2.37. The maximum absolute atomic E-state index is 10.8. The fourth-order valence-corrected chi connectivity index (χ4v) is 1.00. The van der Waals surface area contributed by atoms with Crippen molar-refractivity contribution in [1.82, 2.24) is 0 Å². The minimum absolute atomic E-state index is 0.0407. The van der Waals surface area contributed by atoms with Crippen molar-refractivity contribution in [1.29, 1.82) is 0 Å². The molecule has 10 heavy (non-hydrogen) atoms. The normalized spacial score (nSPS) is 38.9. The first-order chi connectivity index (χ1) is 4.66. The van der Waals surface area contributed by atoms with Crippen molar-refractivity contribution in [2.75, 3.05) is 0 Å². The van der Waals surface area contributed by atoms with E-state index < -0.39 is 0 Å². The summed E-state index contributed by atoms with van der Waals surface area (Å²) in [5.74, 6) is 2.38. The fraction of sp³-hybridized carbons (Fsp3) is 0.625. The third kappa shape index (κ3) is 0.881. The van der Waals surface area contributed by atoms with Crippen molar-refractivity contribution in [3.05, 3.63) is 0 Å². The Morgan fingerprint density at radius 1 is 1.60 bits per heavy atom. The van der Waals surface area contributed by atoms with E-state index >= 15 is 0 Å². The minimum Gasteiger partial charge on any atom is -0.449 e. The Morgan fingerprint density at radius 3 is 2.40 bits per heavy atom. The van der Waals surface area contributed by atoms with Crippen LogP contribution in [0.2, 0.25) is 0 Å². The Kier molecular flexibility index (Phi) is 1.67. The SMILES string of the molecule is C#CC1OC(=O)C(C)C1C. The zero-order valence-electron chi connectivity index (χ0n) is 6.13. The molecule has 2 heteroatoms. The van der Waals surface area contributed by atoms with Crippen molar-refractivity contribution >= 4 is 5.97 Å². The van der Waals surface area contributed by atoms with E-state index in [4.69, 9.17) is 11.2 Å². The molecule has 0 spiro atoms. The fourth-order valence-electron chi connectivity index (χ4n) is 1.00. The summed E-state index contributed by atoms with van der Waals surface area (Å²) in [4.78, 5) is 10.8. The first kappa shape index (κ1) is 7.14. The van der Waals surface area contributed by atoms with Gasteiger partial charge in [-0.25, -0.2) is 0 Å². The Morgan fingerprint density at radius 2 is 2.20 bits per heavy atom. The minimum atomic E-state index is -0.303. The average molecular weight is 138 g/mol. The Bertz CT molecular complexity index is 190. The molecule has 0 amide bonds. The lowest BCUT2D eigenvalue weighted by atomic mass is 9.95. The Balaban J connectivity index is 2.73. The topological polar surface area (TPSA) is 26.3 Å². The van der Waals surface area contributed by atoms with Crippen LogP contribution < -0.4 is 0 Å². The van der Waals surface area contributed by atoms with Gasteiger partial charge >= 0.3 is 5.97 Å². The molecule has 0 aromatic rings. The Labute approximate surface area is 60.6 Å². The number of ether oxygens (including phenoxy) is 1. The number of rotatable bonds is 0. The van der Waals surface area contributed by atoms with Gasteiger partial charge in [0, 0.05) is 5.92 Å². The van der Waals surface area contributed by atoms with Gasteiger partial charge in [0.05, 0.1) is 5.92 Å². The number of terminal acetylenes is 1. The van der Waals surface area contributed by atoms with E-state index in [1.54, 1.807) is 0 Å². The summed E-state index contributed by atoms with van der Waals surface area (Å²) in [5.41, 5.74) is 0. The second-order valence-electron chi connectivity index (χ2n) is 2.67. The number of cyclic esters (lactones) is 1. The van der Waals surface area contributed by atoms with Crippen LogP contribution in [0.4, 0.5) is 0 Å². The van der Waals surface area contributed by atoms with Crippen LogP contribution >= 0.6 is 0 Å². The van der Waals surface area contributed by atoms with E-state index in [0.717, 1.165) is 0 Å². The van der Waals surface area contributed by atoms with Crippen LogP contribution in [0.1, 0.15) is 13.8 Å². The summed E-state index contributed by atoms with van der Waals surface area (Å²) in [6.45, 7) is 3.77. The number of hydrogen-bond acceptors (Lipinski definition) is 2. The maximum Gasteiger partial charge on any atom is 0.310 e. The number of carbonyl (C=O) groups is 1. The Hall–Kier alpha value is -0.970. The highest BCUT2D eigenvalue weighted by molar-refractivity contribution is 5.75. The van der Waals surface area contributed by atoms with Crippen LogP contribution in [0, 0.1) is 24.2 Å². The molecule has 1 heterocycles. The molecular formula is C8H10O2. The largest absolute Gasteiger partial charge is 0.449 e. The highest BCUT2D eigenvalue weighted by Crippen LogP contribution is 2.26. The summed E-state index contributed by atoms with van der Waals surface area (Å²) < 4.78 is 4.86. The summed E-state index contributed by atoms with van der Waals surface area (Å²) in [7, 11) is 0. The van der Waals surface area contributed by atoms with Crippen molar-refractivity contribution < 1.29 is 9.53 Å². The van der Waals surface area contributed by atoms with E-state index in [0.29, 0.717) is 0 Å². The van der Waals surface area contributed by atoms with E-state index in [-0.39, 0.29) is 23.9 Å². The molecule has 0 saturated carbocycles. The number of esters is 1. The highest BCUT2D eigenvalue weighted by atomic mass is 16.6. The molecular weight excluding hydrogens is 128 g/mol. The van der Waals surface area contributed by atoms with E-state index in [9.17, 15) is 4.79 Å². The average Bonchev–Trinajstić information content (AvgIpc) is 2.17. The molecule has 3 atom stereocenters. The smallest absolute Gasteiger partial charge is 0.310 e. The van der Waals surface area contributed by atoms with Gasteiger partial charge in [0.1, 0.15) is 0 Å². The van der Waals surface area contributed by atoms with Crippen molar-refractivity contribution in [2.45, 2.75) is 20.0 Å². The van der Waals surface area contributed by atoms with Crippen molar-refractivity contribution in [3.8, 4) is 12.3 Å². The first-order valence-corrected chi connectivity index (χ1v) is 3.33. The van der Waals surface area contributed by atoms with Crippen molar-refractivity contribution in [3.63, 3.8) is 0 Å². The van der Waals surface area contributed by atoms with E-state index in [1.807, 2.05) is 13.8 Å². The molecule has 0 aliphatic carbocycles. The van der Waals surface area contributed by atoms with Crippen LogP contribution in [0.3, 0.4) is 0 Å². The molecule has 0 aromatic carbocycles. The molecule has 0 radical (unpaired) electrons. The van der Waals surface area contributed by atoms with Crippen LogP contribution in [0.15, 0.2) is 0 Å². The lowest BCUT2D eigenvalue weighted by Gasteiger charge is -2.05. The zero-order chi connectivity index (χ0) is 7.72. The van der Waals surface area contributed by atoms with E-state index in [2.05, 4.69) is 5.92 Å². The molecule has 0 aromatic heterocycles. The summed E-state index contributed by atoms with van der Waals surface area (Å²) in [6, 6.07) is 0. The van der Waals surface area contributed by atoms with Gasteiger partial charge in [0.25, 0.3) is 0 Å².